The molecule has 5 nitrogen and oxygen atoms in total. The van der Waals surface area contributed by atoms with Crippen molar-refractivity contribution in [1.82, 2.24) is 0 Å². The van der Waals surface area contributed by atoms with Crippen LogP contribution in [0.25, 0.3) is 0 Å². The van der Waals surface area contributed by atoms with Crippen LogP contribution in [0.3, 0.4) is 0 Å². The zero-order valence-electron chi connectivity index (χ0n) is 9.84. The first-order valence-corrected chi connectivity index (χ1v) is 5.66. The standard InChI is InChI=1S/C11H23N3O2/c1-2-3-4-5-6-7-10(16)9(8-15)14-11(12)13/h6-7,9-10,15-16H,2-5,8H2,1H3,(H4,12,13,14). The third-order valence-corrected chi connectivity index (χ3v) is 2.20. The predicted octanol–water partition coefficient (Wildman–Crippen LogP) is 0.118. The van der Waals surface area contributed by atoms with Gasteiger partial charge in [0.15, 0.2) is 5.96 Å². The Morgan fingerprint density at radius 1 is 1.38 bits per heavy atom. The second-order valence-electron chi connectivity index (χ2n) is 3.72. The quantitative estimate of drug-likeness (QED) is 0.205. The minimum Gasteiger partial charge on any atom is -0.394 e. The van der Waals surface area contributed by atoms with Crippen LogP contribution in [0.2, 0.25) is 0 Å². The van der Waals surface area contributed by atoms with E-state index in [0.29, 0.717) is 0 Å². The van der Waals surface area contributed by atoms with Crippen LogP contribution in [0.5, 0.6) is 0 Å². The highest BCUT2D eigenvalue weighted by Gasteiger charge is 2.14. The number of nitrogens with two attached hydrogens (primary N) is 2. The minimum absolute atomic E-state index is 0.127. The first-order valence-electron chi connectivity index (χ1n) is 5.66. The molecule has 0 aromatic rings. The molecule has 0 saturated carbocycles. The van der Waals surface area contributed by atoms with Crippen molar-refractivity contribution in [1.29, 1.82) is 0 Å². The summed E-state index contributed by atoms with van der Waals surface area (Å²) in [6.07, 6.45) is 7.06. The summed E-state index contributed by atoms with van der Waals surface area (Å²) < 4.78 is 0. The van der Waals surface area contributed by atoms with Crippen LogP contribution in [0.15, 0.2) is 17.1 Å². The van der Waals surface area contributed by atoms with Crippen LogP contribution in [-0.4, -0.2) is 34.9 Å². The number of hydrogen-bond acceptors (Lipinski definition) is 3. The van der Waals surface area contributed by atoms with E-state index in [9.17, 15) is 5.11 Å². The maximum atomic E-state index is 9.65. The second kappa shape index (κ2) is 9.18. The van der Waals surface area contributed by atoms with Crippen molar-refractivity contribution in [2.75, 3.05) is 6.61 Å². The van der Waals surface area contributed by atoms with E-state index in [4.69, 9.17) is 16.6 Å². The molecule has 0 aliphatic heterocycles. The van der Waals surface area contributed by atoms with Crippen molar-refractivity contribution in [2.24, 2.45) is 16.5 Å². The van der Waals surface area contributed by atoms with E-state index in [2.05, 4.69) is 11.9 Å². The van der Waals surface area contributed by atoms with Gasteiger partial charge in [0.2, 0.25) is 0 Å². The number of unbranched alkanes of at least 4 members (excludes halogenated alkanes) is 3. The second-order valence-corrected chi connectivity index (χ2v) is 3.72. The van der Waals surface area contributed by atoms with Crippen molar-refractivity contribution in [3.8, 4) is 0 Å². The molecule has 0 rings (SSSR count). The lowest BCUT2D eigenvalue weighted by atomic mass is 10.1. The average molecular weight is 229 g/mol. The molecule has 16 heavy (non-hydrogen) atoms. The van der Waals surface area contributed by atoms with Crippen LogP contribution in [0, 0.1) is 0 Å². The highest BCUT2D eigenvalue weighted by Crippen LogP contribution is 2.04. The lowest BCUT2D eigenvalue weighted by Gasteiger charge is -2.13. The summed E-state index contributed by atoms with van der Waals surface area (Å²) in [5.41, 5.74) is 10.4. The zero-order valence-corrected chi connectivity index (χ0v) is 9.84. The van der Waals surface area contributed by atoms with Gasteiger partial charge in [0.25, 0.3) is 0 Å². The van der Waals surface area contributed by atoms with Gasteiger partial charge in [-0.2, -0.15) is 0 Å². The Kier molecular flexibility index (Phi) is 8.56. The Morgan fingerprint density at radius 3 is 2.56 bits per heavy atom. The molecule has 0 aliphatic rings. The van der Waals surface area contributed by atoms with Crippen LogP contribution in [0.4, 0.5) is 0 Å². The fourth-order valence-electron chi connectivity index (χ4n) is 1.29. The molecule has 6 N–H and O–H groups in total. The molecule has 0 aromatic carbocycles. The fraction of sp³-hybridized carbons (Fsp3) is 0.727. The first kappa shape index (κ1) is 14.9. The van der Waals surface area contributed by atoms with Gasteiger partial charge in [-0.3, -0.25) is 0 Å². The molecule has 0 radical (unpaired) electrons. The summed E-state index contributed by atoms with van der Waals surface area (Å²) in [6, 6.07) is -0.674. The molecule has 0 bridgehead atoms. The Balaban J connectivity index is 4.00. The van der Waals surface area contributed by atoms with Crippen molar-refractivity contribution in [2.45, 2.75) is 44.8 Å². The zero-order chi connectivity index (χ0) is 12.4. The van der Waals surface area contributed by atoms with Gasteiger partial charge in [0, 0.05) is 0 Å². The van der Waals surface area contributed by atoms with Gasteiger partial charge in [-0.1, -0.05) is 31.9 Å². The summed E-state index contributed by atoms with van der Waals surface area (Å²) in [6.45, 7) is 1.86. The van der Waals surface area contributed by atoms with E-state index >= 15 is 0 Å². The Morgan fingerprint density at radius 2 is 2.06 bits per heavy atom. The summed E-state index contributed by atoms with van der Waals surface area (Å²) >= 11 is 0. The number of hydrogen-bond donors (Lipinski definition) is 4. The van der Waals surface area contributed by atoms with Gasteiger partial charge in [-0.15, -0.1) is 0 Å². The van der Waals surface area contributed by atoms with Crippen LogP contribution < -0.4 is 11.5 Å². The lowest BCUT2D eigenvalue weighted by molar-refractivity contribution is 0.145. The SMILES string of the molecule is CCCCCC=CC(O)C(CO)N=C(N)N. The molecular formula is C11H23N3O2. The van der Waals surface area contributed by atoms with Crippen LogP contribution in [-0.2, 0) is 0 Å². The van der Waals surface area contributed by atoms with Gasteiger partial charge >= 0.3 is 0 Å². The Bertz CT molecular complexity index is 225. The third-order valence-electron chi connectivity index (χ3n) is 2.20. The predicted molar refractivity (Wildman–Crippen MR) is 66.0 cm³/mol. The van der Waals surface area contributed by atoms with E-state index < -0.39 is 12.1 Å². The van der Waals surface area contributed by atoms with E-state index in [0.717, 1.165) is 12.8 Å². The summed E-state index contributed by atoms with van der Waals surface area (Å²) in [5.74, 6) is -0.127. The molecular weight excluding hydrogens is 206 g/mol. The summed E-state index contributed by atoms with van der Waals surface area (Å²) in [7, 11) is 0. The molecule has 0 amide bonds. The number of allylic oxidation sites excluding steroid dienone is 1. The van der Waals surface area contributed by atoms with Crippen LogP contribution in [0.1, 0.15) is 32.6 Å². The number of rotatable bonds is 8. The summed E-state index contributed by atoms with van der Waals surface area (Å²) in [5, 5.41) is 18.6. The molecule has 0 aliphatic carbocycles. The normalized spacial score (nSPS) is 14.9. The Hall–Kier alpha value is -1.07. The topological polar surface area (TPSA) is 105 Å². The van der Waals surface area contributed by atoms with E-state index in [1.165, 1.54) is 12.8 Å². The highest BCUT2D eigenvalue weighted by molar-refractivity contribution is 5.75. The number of guanidine groups is 1. The summed E-state index contributed by atoms with van der Waals surface area (Å²) in [4.78, 5) is 3.73. The Labute approximate surface area is 96.9 Å². The largest absolute Gasteiger partial charge is 0.394 e. The number of aliphatic hydroxyl groups is 2. The van der Waals surface area contributed by atoms with Gasteiger partial charge in [0.05, 0.1) is 12.7 Å². The molecule has 5 heteroatoms. The van der Waals surface area contributed by atoms with Crippen molar-refractivity contribution in [3.05, 3.63) is 12.2 Å². The maximum Gasteiger partial charge on any atom is 0.186 e. The molecule has 0 fully saturated rings. The lowest BCUT2D eigenvalue weighted by Crippen LogP contribution is -2.32. The number of aliphatic imine (C=N–C) groups is 1. The van der Waals surface area contributed by atoms with Crippen LogP contribution >= 0.6 is 0 Å². The maximum absolute atomic E-state index is 9.65. The first-order chi connectivity index (χ1) is 7.61. The van der Waals surface area contributed by atoms with Crippen molar-refractivity contribution < 1.29 is 10.2 Å². The molecule has 94 valence electrons. The van der Waals surface area contributed by atoms with Gasteiger partial charge < -0.3 is 21.7 Å². The van der Waals surface area contributed by atoms with Gasteiger partial charge in [0.1, 0.15) is 6.04 Å². The van der Waals surface area contributed by atoms with Gasteiger partial charge in [-0.05, 0) is 12.8 Å². The molecule has 0 saturated heterocycles. The van der Waals surface area contributed by atoms with E-state index in [-0.39, 0.29) is 12.6 Å². The smallest absolute Gasteiger partial charge is 0.186 e. The van der Waals surface area contributed by atoms with E-state index in [1.54, 1.807) is 6.08 Å². The minimum atomic E-state index is -0.839. The third kappa shape index (κ3) is 7.25. The van der Waals surface area contributed by atoms with Crippen molar-refractivity contribution in [3.63, 3.8) is 0 Å². The number of nitrogens with zero attached hydrogens (tertiary/aromatic N) is 1. The molecule has 0 heterocycles. The highest BCUT2D eigenvalue weighted by atomic mass is 16.3. The monoisotopic (exact) mass is 229 g/mol. The molecule has 2 atom stereocenters. The molecule has 0 spiro atoms. The van der Waals surface area contributed by atoms with Crippen molar-refractivity contribution >= 4 is 5.96 Å². The van der Waals surface area contributed by atoms with E-state index in [1.807, 2.05) is 6.08 Å². The number of aliphatic hydroxyl groups excluding tert-OH is 2. The van der Waals surface area contributed by atoms with Gasteiger partial charge in [-0.25, -0.2) is 4.99 Å². The average Bonchev–Trinajstić information content (AvgIpc) is 2.25. The fourth-order valence-corrected chi connectivity index (χ4v) is 1.29. The molecule has 0 aromatic heterocycles. The molecule has 2 unspecified atom stereocenters.